The van der Waals surface area contributed by atoms with Gasteiger partial charge < -0.3 is 24.5 Å². The largest absolute Gasteiger partial charge is 1.00 e. The molecule has 0 aliphatic carbocycles. The molecule has 0 radical (unpaired) electrons. The molecule has 0 aromatic rings. The molecule has 0 fully saturated rings. The summed E-state index contributed by atoms with van der Waals surface area (Å²) in [6.07, 6.45) is -1.25. The van der Waals surface area contributed by atoms with Gasteiger partial charge in [0.05, 0.1) is 5.97 Å². The van der Waals surface area contributed by atoms with E-state index >= 15 is 0 Å². The fourth-order valence-corrected chi connectivity index (χ4v) is 1.28. The smallest absolute Gasteiger partial charge is 0.550 e. The van der Waals surface area contributed by atoms with Gasteiger partial charge in [-0.05, 0) is 12.3 Å². The number of hydrogen-bond acceptors (Lipinski definition) is 5. The second-order valence-corrected chi connectivity index (χ2v) is 3.53. The molecule has 7 heteroatoms. The summed E-state index contributed by atoms with van der Waals surface area (Å²) in [6, 6.07) is 0. The minimum absolute atomic E-state index is 0. The number of ether oxygens (including phenoxy) is 1. The van der Waals surface area contributed by atoms with Crippen molar-refractivity contribution in [2.45, 2.75) is 26.4 Å². The van der Waals surface area contributed by atoms with Crippen LogP contribution in [0.3, 0.4) is 0 Å². The summed E-state index contributed by atoms with van der Waals surface area (Å²) < 4.78 is 4.55. The van der Waals surface area contributed by atoms with E-state index in [1.54, 1.807) is 13.8 Å². The number of aliphatic carboxylic acids is 2. The van der Waals surface area contributed by atoms with E-state index in [0.29, 0.717) is 0 Å². The van der Waals surface area contributed by atoms with Crippen LogP contribution in [0.5, 0.6) is 0 Å². The summed E-state index contributed by atoms with van der Waals surface area (Å²) in [5, 5.41) is 21.2. The van der Waals surface area contributed by atoms with E-state index in [2.05, 4.69) is 4.74 Å². The Morgan fingerprint density at radius 1 is 1.12 bits per heavy atom. The average molecular weight is 216 g/mol. The maximum atomic E-state index is 10.7. The Hall–Kier alpha value is 0.0948. The van der Waals surface area contributed by atoms with Gasteiger partial charge in [-0.1, -0.05) is 13.8 Å². The summed E-state index contributed by atoms with van der Waals surface area (Å²) in [5.41, 5.74) is 0. The van der Waals surface area contributed by atoms with Crippen LogP contribution in [0.4, 0.5) is 0 Å². The summed E-state index contributed by atoms with van der Waals surface area (Å²) in [7, 11) is 1.14. The van der Waals surface area contributed by atoms with E-state index in [0.717, 1.165) is 7.11 Å². The Morgan fingerprint density at radius 2 is 1.56 bits per heavy atom. The molecule has 0 bridgehead atoms. The van der Waals surface area contributed by atoms with Gasteiger partial charge >= 0.3 is 37.7 Å². The minimum atomic E-state index is -1.53. The molecule has 0 amide bonds. The molecule has 82 valence electrons. The maximum absolute atomic E-state index is 10.7. The molecule has 0 rings (SSSR count). The van der Waals surface area contributed by atoms with Crippen molar-refractivity contribution in [3.8, 4) is 0 Å². The minimum Gasteiger partial charge on any atom is -0.550 e. The summed E-state index contributed by atoms with van der Waals surface area (Å²) >= 11 is 0. The quantitative estimate of drug-likeness (QED) is 0.411. The molecule has 0 saturated heterocycles. The van der Waals surface area contributed by atoms with Crippen LogP contribution in [0, 0.1) is 11.8 Å². The predicted molar refractivity (Wildman–Crippen MR) is 43.8 cm³/mol. The van der Waals surface area contributed by atoms with Crippen LogP contribution < -0.4 is 47.9 Å². The monoisotopic (exact) mass is 216 g/mol. The number of methoxy groups -OCH3 is 1. The molecule has 16 heavy (non-hydrogen) atoms. The molecule has 0 aliphatic rings. The van der Waals surface area contributed by atoms with E-state index in [-0.39, 0.29) is 50.1 Å². The SMILES string of the molecule is CO[C@H](C(=O)[O-])[C@@H](CC(C)C)C(=O)[O-].[Li+].[Li+]. The Morgan fingerprint density at radius 3 is 1.75 bits per heavy atom. The number of carbonyl (C=O) groups is 2. The van der Waals surface area contributed by atoms with Crippen LogP contribution in [-0.4, -0.2) is 25.2 Å². The predicted octanol–water partition coefficient (Wildman–Crippen LogP) is -7.83. The van der Waals surface area contributed by atoms with Crippen LogP contribution in [0.25, 0.3) is 0 Å². The first-order valence-electron chi connectivity index (χ1n) is 4.34. The maximum Gasteiger partial charge on any atom is 1.00 e. The third-order valence-electron chi connectivity index (χ3n) is 1.88. The molecule has 0 aromatic carbocycles. The number of carboxylic acid groups (broad SMARTS) is 2. The zero-order chi connectivity index (χ0) is 11.3. The van der Waals surface area contributed by atoms with E-state index < -0.39 is 24.0 Å². The van der Waals surface area contributed by atoms with Crippen LogP contribution in [0.15, 0.2) is 0 Å². The van der Waals surface area contributed by atoms with Crippen molar-refractivity contribution in [3.05, 3.63) is 0 Å². The van der Waals surface area contributed by atoms with Crippen LogP contribution in [-0.2, 0) is 14.3 Å². The fourth-order valence-electron chi connectivity index (χ4n) is 1.28. The Balaban J connectivity index is -0.000000845. The topological polar surface area (TPSA) is 89.5 Å². The molecule has 0 heterocycles. The van der Waals surface area contributed by atoms with Gasteiger partial charge in [-0.25, -0.2) is 0 Å². The van der Waals surface area contributed by atoms with Gasteiger partial charge in [-0.3, -0.25) is 0 Å². The Labute approximate surface area is 119 Å². The fraction of sp³-hybridized carbons (Fsp3) is 0.778. The molecule has 5 nitrogen and oxygen atoms in total. The van der Waals surface area contributed by atoms with Crippen molar-refractivity contribution in [2.24, 2.45) is 11.8 Å². The third-order valence-corrected chi connectivity index (χ3v) is 1.88. The number of carboxylic acids is 2. The van der Waals surface area contributed by atoms with Crippen LogP contribution in [0.2, 0.25) is 0 Å². The van der Waals surface area contributed by atoms with E-state index in [1.807, 2.05) is 0 Å². The van der Waals surface area contributed by atoms with Crippen molar-refractivity contribution in [3.63, 3.8) is 0 Å². The molecular weight excluding hydrogens is 202 g/mol. The number of rotatable bonds is 6. The van der Waals surface area contributed by atoms with Crippen molar-refractivity contribution in [1.82, 2.24) is 0 Å². The standard InChI is InChI=1S/C9H16O5.2Li/c1-5(2)4-6(8(10)11)7(14-3)9(12)13;;/h5-7H,4H2,1-3H3,(H,10,11)(H,12,13);;/q;2*+1/p-2/t6-,7+;;/m1../s1. The first-order valence-corrected chi connectivity index (χ1v) is 4.34. The van der Waals surface area contributed by atoms with E-state index in [4.69, 9.17) is 0 Å². The van der Waals surface area contributed by atoms with Gasteiger partial charge in [-0.2, -0.15) is 0 Å². The molecule has 0 aliphatic heterocycles. The van der Waals surface area contributed by atoms with Crippen LogP contribution >= 0.6 is 0 Å². The van der Waals surface area contributed by atoms with Crippen molar-refractivity contribution >= 4 is 11.9 Å². The molecular formula is C9H14Li2O5. The van der Waals surface area contributed by atoms with Crippen LogP contribution in [0.1, 0.15) is 20.3 Å². The molecule has 0 spiro atoms. The van der Waals surface area contributed by atoms with Gasteiger partial charge in [0.15, 0.2) is 0 Å². The molecule has 0 N–H and O–H groups in total. The van der Waals surface area contributed by atoms with Gasteiger partial charge in [0.25, 0.3) is 0 Å². The number of carbonyl (C=O) groups excluding carboxylic acids is 2. The van der Waals surface area contributed by atoms with Crippen molar-refractivity contribution in [1.29, 1.82) is 0 Å². The molecule has 0 saturated carbocycles. The number of hydrogen-bond donors (Lipinski definition) is 0. The second kappa shape index (κ2) is 10.3. The zero-order valence-corrected chi connectivity index (χ0v) is 10.5. The van der Waals surface area contributed by atoms with Crippen molar-refractivity contribution < 1.29 is 62.3 Å². The molecule has 0 aromatic heterocycles. The first kappa shape index (κ1) is 21.4. The van der Waals surface area contributed by atoms with Gasteiger partial charge in [0, 0.05) is 19.0 Å². The molecule has 0 unspecified atom stereocenters. The normalized spacial score (nSPS) is 13.2. The average Bonchev–Trinajstić information content (AvgIpc) is 2.02. The summed E-state index contributed by atoms with van der Waals surface area (Å²) in [5.74, 6) is -4.06. The third kappa shape index (κ3) is 7.38. The zero-order valence-electron chi connectivity index (χ0n) is 10.5. The second-order valence-electron chi connectivity index (χ2n) is 3.53. The summed E-state index contributed by atoms with van der Waals surface area (Å²) in [4.78, 5) is 21.2. The van der Waals surface area contributed by atoms with Gasteiger partial charge in [-0.15, -0.1) is 0 Å². The first-order chi connectivity index (χ1) is 6.40. The summed E-state index contributed by atoms with van der Waals surface area (Å²) in [6.45, 7) is 3.58. The molecule has 2 atom stereocenters. The van der Waals surface area contributed by atoms with Gasteiger partial charge in [0.1, 0.15) is 6.10 Å². The van der Waals surface area contributed by atoms with Crippen molar-refractivity contribution in [2.75, 3.05) is 7.11 Å². The van der Waals surface area contributed by atoms with E-state index in [9.17, 15) is 19.8 Å². The van der Waals surface area contributed by atoms with E-state index in [1.165, 1.54) is 0 Å². The van der Waals surface area contributed by atoms with Gasteiger partial charge in [0.2, 0.25) is 0 Å². The Kier molecular flexibility index (Phi) is 13.7. The Bertz CT molecular complexity index is 220.